The molecule has 0 aromatic carbocycles. The third kappa shape index (κ3) is 0.808. The molecule has 0 aromatic rings. The molecule has 0 N–H and O–H groups in total. The molecule has 2 rings (SSSR count). The highest BCUT2D eigenvalue weighted by Gasteiger charge is 2.32. The molecular weight excluding hydrogens is 142 g/mol. The summed E-state index contributed by atoms with van der Waals surface area (Å²) in [5.41, 5.74) is 0.553. The first-order chi connectivity index (χ1) is 5.29. The van der Waals surface area contributed by atoms with Crippen LogP contribution in [-0.2, 0) is 9.59 Å². The number of Topliss-reactive ketones (excluding diaryl/α,β-unsaturated/α-hetero) is 1. The average molecular weight is 149 g/mol. The predicted octanol–water partition coefficient (Wildman–Crippen LogP) is 0.242. The van der Waals surface area contributed by atoms with Gasteiger partial charge in [-0.15, -0.1) is 0 Å². The highest BCUT2D eigenvalue weighted by molar-refractivity contribution is 6.15. The van der Waals surface area contributed by atoms with Crippen molar-refractivity contribution >= 4 is 11.7 Å². The molecule has 1 amide bonds. The average Bonchev–Trinajstić information content (AvgIpc) is 2.30. The molecule has 0 saturated carbocycles. The van der Waals surface area contributed by atoms with Crippen molar-refractivity contribution in [2.45, 2.75) is 6.42 Å². The summed E-state index contributed by atoms with van der Waals surface area (Å²) in [5, 5.41) is 0. The van der Waals surface area contributed by atoms with Gasteiger partial charge in [0.1, 0.15) is 0 Å². The van der Waals surface area contributed by atoms with Crippen LogP contribution in [0.25, 0.3) is 0 Å². The van der Waals surface area contributed by atoms with Gasteiger partial charge in [-0.05, 0) is 6.08 Å². The van der Waals surface area contributed by atoms with Gasteiger partial charge in [-0.3, -0.25) is 9.59 Å². The minimum Gasteiger partial charge on any atom is -0.305 e. The Labute approximate surface area is 64.0 Å². The van der Waals surface area contributed by atoms with E-state index in [0.29, 0.717) is 12.2 Å². The van der Waals surface area contributed by atoms with Crippen LogP contribution >= 0.6 is 0 Å². The molecule has 0 unspecified atom stereocenters. The number of rotatable bonds is 0. The van der Waals surface area contributed by atoms with Gasteiger partial charge in [0.05, 0.1) is 12.1 Å². The lowest BCUT2D eigenvalue weighted by Gasteiger charge is -2.16. The van der Waals surface area contributed by atoms with Crippen LogP contribution in [0.4, 0.5) is 0 Å². The summed E-state index contributed by atoms with van der Waals surface area (Å²) in [6.45, 7) is 0.552. The van der Waals surface area contributed by atoms with Crippen molar-refractivity contribution in [3.05, 3.63) is 23.9 Å². The van der Waals surface area contributed by atoms with Crippen LogP contribution in [0.2, 0.25) is 0 Å². The summed E-state index contributed by atoms with van der Waals surface area (Å²) in [7, 11) is 0. The Kier molecular flexibility index (Phi) is 1.18. The van der Waals surface area contributed by atoms with Crippen molar-refractivity contribution in [1.82, 2.24) is 4.90 Å². The molecule has 3 heteroatoms. The van der Waals surface area contributed by atoms with E-state index in [0.717, 1.165) is 0 Å². The minimum absolute atomic E-state index is 0.0491. The maximum absolute atomic E-state index is 11.1. The molecule has 1 fully saturated rings. The third-order valence-electron chi connectivity index (χ3n) is 1.87. The molecule has 0 radical (unpaired) electrons. The van der Waals surface area contributed by atoms with Gasteiger partial charge >= 0.3 is 0 Å². The van der Waals surface area contributed by atoms with Gasteiger partial charge in [-0.25, -0.2) is 0 Å². The molecule has 1 saturated heterocycles. The normalized spacial score (nSPS) is 22.2. The molecular formula is C8H7NO2. The maximum Gasteiger partial charge on any atom is 0.235 e. The number of nitrogens with zero attached hydrogens (tertiary/aromatic N) is 1. The fourth-order valence-electron chi connectivity index (χ4n) is 1.32. The first-order valence-electron chi connectivity index (χ1n) is 3.49. The van der Waals surface area contributed by atoms with Crippen molar-refractivity contribution in [2.24, 2.45) is 0 Å². The van der Waals surface area contributed by atoms with Crippen molar-refractivity contribution in [3.8, 4) is 0 Å². The fraction of sp³-hybridized carbons (Fsp3) is 0.250. The zero-order valence-electron chi connectivity index (χ0n) is 5.91. The van der Waals surface area contributed by atoms with Crippen LogP contribution in [0.3, 0.4) is 0 Å². The number of fused-ring (bicyclic) bond motifs is 1. The van der Waals surface area contributed by atoms with Gasteiger partial charge in [0.15, 0.2) is 5.78 Å². The van der Waals surface area contributed by atoms with Crippen molar-refractivity contribution in [2.75, 3.05) is 6.54 Å². The van der Waals surface area contributed by atoms with E-state index in [4.69, 9.17) is 0 Å². The Bertz CT molecular complexity index is 288. The number of allylic oxidation sites excluding steroid dienone is 3. The largest absolute Gasteiger partial charge is 0.305 e. The molecule has 2 aliphatic heterocycles. The Morgan fingerprint density at radius 1 is 1.36 bits per heavy atom. The number of hydrogen-bond acceptors (Lipinski definition) is 2. The summed E-state index contributed by atoms with van der Waals surface area (Å²) in [6, 6.07) is 0. The number of carbonyl (C=O) groups is 2. The zero-order valence-corrected chi connectivity index (χ0v) is 5.91. The second kappa shape index (κ2) is 2.05. The van der Waals surface area contributed by atoms with E-state index in [2.05, 4.69) is 0 Å². The highest BCUT2D eigenvalue weighted by Crippen LogP contribution is 2.20. The molecule has 0 aromatic heterocycles. The molecule has 0 spiro atoms. The van der Waals surface area contributed by atoms with Gasteiger partial charge in [0.2, 0.25) is 5.91 Å². The number of ketones is 1. The molecule has 2 aliphatic rings. The van der Waals surface area contributed by atoms with Gasteiger partial charge < -0.3 is 4.90 Å². The second-order valence-electron chi connectivity index (χ2n) is 2.58. The second-order valence-corrected chi connectivity index (χ2v) is 2.58. The quantitative estimate of drug-likeness (QED) is 0.463. The minimum atomic E-state index is -0.0781. The van der Waals surface area contributed by atoms with Crippen LogP contribution in [0, 0.1) is 0 Å². The summed E-state index contributed by atoms with van der Waals surface area (Å²) < 4.78 is 0. The lowest BCUT2D eigenvalue weighted by atomic mass is 10.2. The van der Waals surface area contributed by atoms with Crippen molar-refractivity contribution in [1.29, 1.82) is 0 Å². The SMILES string of the molecule is O=C1CC(=O)N2CC=CC=C12. The van der Waals surface area contributed by atoms with Gasteiger partial charge in [-0.2, -0.15) is 0 Å². The standard InChI is InChI=1S/C8H7NO2/c10-7-5-8(11)9-4-2-1-3-6(7)9/h1-3H,4-5H2. The lowest BCUT2D eigenvalue weighted by Crippen LogP contribution is -2.25. The maximum atomic E-state index is 11.1. The third-order valence-corrected chi connectivity index (χ3v) is 1.87. The van der Waals surface area contributed by atoms with Gasteiger partial charge in [0.25, 0.3) is 0 Å². The smallest absolute Gasteiger partial charge is 0.235 e. The lowest BCUT2D eigenvalue weighted by molar-refractivity contribution is -0.127. The summed E-state index contributed by atoms with van der Waals surface area (Å²) in [6.07, 6.45) is 5.41. The highest BCUT2D eigenvalue weighted by atomic mass is 16.2. The molecule has 11 heavy (non-hydrogen) atoms. The van der Waals surface area contributed by atoms with E-state index >= 15 is 0 Å². The monoisotopic (exact) mass is 149 g/mol. The number of hydrogen-bond donors (Lipinski definition) is 0. The van der Waals surface area contributed by atoms with E-state index in [1.807, 2.05) is 12.2 Å². The van der Waals surface area contributed by atoms with E-state index in [9.17, 15) is 9.59 Å². The van der Waals surface area contributed by atoms with Crippen molar-refractivity contribution in [3.63, 3.8) is 0 Å². The van der Waals surface area contributed by atoms with E-state index in [1.54, 1.807) is 6.08 Å². The molecule has 2 heterocycles. The van der Waals surface area contributed by atoms with E-state index in [-0.39, 0.29) is 18.1 Å². The van der Waals surface area contributed by atoms with E-state index in [1.165, 1.54) is 4.90 Å². The summed E-state index contributed by atoms with van der Waals surface area (Å²) in [5.74, 6) is -0.134. The first-order valence-corrected chi connectivity index (χ1v) is 3.49. The van der Waals surface area contributed by atoms with Crippen LogP contribution in [0.15, 0.2) is 23.9 Å². The Morgan fingerprint density at radius 2 is 2.18 bits per heavy atom. The summed E-state index contributed by atoms with van der Waals surface area (Å²) >= 11 is 0. The van der Waals surface area contributed by atoms with Crippen LogP contribution in [0.5, 0.6) is 0 Å². The number of carbonyl (C=O) groups excluding carboxylic acids is 2. The van der Waals surface area contributed by atoms with Crippen LogP contribution in [0.1, 0.15) is 6.42 Å². The molecule has 0 bridgehead atoms. The first kappa shape index (κ1) is 6.34. The Hall–Kier alpha value is -1.38. The van der Waals surface area contributed by atoms with E-state index < -0.39 is 0 Å². The zero-order chi connectivity index (χ0) is 7.84. The van der Waals surface area contributed by atoms with Crippen LogP contribution < -0.4 is 0 Å². The Morgan fingerprint density at radius 3 is 2.91 bits per heavy atom. The van der Waals surface area contributed by atoms with Crippen molar-refractivity contribution < 1.29 is 9.59 Å². The Balaban J connectivity index is 2.42. The molecule has 0 aliphatic carbocycles. The predicted molar refractivity (Wildman–Crippen MR) is 38.6 cm³/mol. The van der Waals surface area contributed by atoms with Gasteiger partial charge in [0, 0.05) is 6.54 Å². The molecule has 56 valence electrons. The topological polar surface area (TPSA) is 37.4 Å². The van der Waals surface area contributed by atoms with Crippen LogP contribution in [-0.4, -0.2) is 23.1 Å². The number of amides is 1. The summed E-state index contributed by atoms with van der Waals surface area (Å²) in [4.78, 5) is 23.6. The molecule has 0 atom stereocenters. The van der Waals surface area contributed by atoms with Gasteiger partial charge in [-0.1, -0.05) is 12.2 Å². The fourth-order valence-corrected chi connectivity index (χ4v) is 1.32. The molecule has 3 nitrogen and oxygen atoms in total.